The Balaban J connectivity index is 1.59. The first-order valence-electron chi connectivity index (χ1n) is 9.32. The third kappa shape index (κ3) is 4.54. The van der Waals surface area contributed by atoms with Crippen molar-refractivity contribution >= 4 is 19.0 Å². The van der Waals surface area contributed by atoms with Crippen molar-refractivity contribution in [1.29, 1.82) is 0 Å². The Morgan fingerprint density at radius 1 is 1.37 bits per heavy atom. The van der Waals surface area contributed by atoms with Gasteiger partial charge in [0.05, 0.1) is 13.1 Å². The van der Waals surface area contributed by atoms with Crippen LogP contribution in [0.1, 0.15) is 35.2 Å². The van der Waals surface area contributed by atoms with Crippen molar-refractivity contribution < 1.29 is 29.1 Å². The molecule has 8 nitrogen and oxygen atoms in total. The number of ether oxygens (including phenoxy) is 1. The standard InChI is InChI=1S/C18H25BN2O6/c1-20-9-3-2-4-15(22)21-10-13(11-21)26-14-6-5-12-7-8-19(25)27-17(12)16(14)18(23)24/h5-6,13,20,25H,2-4,7-11H2,1H3,(H,23,24). The van der Waals surface area contributed by atoms with Crippen molar-refractivity contribution in [1.82, 2.24) is 10.2 Å². The Bertz CT molecular complexity index is 707. The first-order valence-corrected chi connectivity index (χ1v) is 9.32. The van der Waals surface area contributed by atoms with Crippen LogP contribution in [0.15, 0.2) is 12.1 Å². The highest BCUT2D eigenvalue weighted by Gasteiger charge is 2.35. The maximum Gasteiger partial charge on any atom is 0.522 e. The molecule has 1 aromatic carbocycles. The van der Waals surface area contributed by atoms with Gasteiger partial charge in [0.1, 0.15) is 23.2 Å². The zero-order valence-electron chi connectivity index (χ0n) is 15.4. The molecule has 1 aromatic rings. The molecule has 0 bridgehead atoms. The number of amides is 1. The Kier molecular flexibility index (Phi) is 6.23. The van der Waals surface area contributed by atoms with Gasteiger partial charge < -0.3 is 29.7 Å². The van der Waals surface area contributed by atoms with E-state index in [1.54, 1.807) is 17.0 Å². The van der Waals surface area contributed by atoms with Crippen LogP contribution < -0.4 is 14.7 Å². The number of benzene rings is 1. The van der Waals surface area contributed by atoms with Crippen LogP contribution in [0.3, 0.4) is 0 Å². The van der Waals surface area contributed by atoms with E-state index < -0.39 is 13.1 Å². The lowest BCUT2D eigenvalue weighted by Crippen LogP contribution is -2.56. The predicted molar refractivity (Wildman–Crippen MR) is 99.3 cm³/mol. The molecule has 27 heavy (non-hydrogen) atoms. The zero-order chi connectivity index (χ0) is 19.4. The fourth-order valence-corrected chi connectivity index (χ4v) is 3.35. The van der Waals surface area contributed by atoms with E-state index in [1.807, 2.05) is 7.05 Å². The molecule has 1 amide bonds. The van der Waals surface area contributed by atoms with E-state index in [0.717, 1.165) is 24.9 Å². The van der Waals surface area contributed by atoms with Crippen LogP contribution in [0.25, 0.3) is 0 Å². The second-order valence-electron chi connectivity index (χ2n) is 6.94. The fraction of sp³-hybridized carbons (Fsp3) is 0.556. The first-order chi connectivity index (χ1) is 13.0. The van der Waals surface area contributed by atoms with Gasteiger partial charge in [0.25, 0.3) is 0 Å². The summed E-state index contributed by atoms with van der Waals surface area (Å²) < 4.78 is 11.2. The summed E-state index contributed by atoms with van der Waals surface area (Å²) in [6.45, 7) is 1.79. The number of hydrogen-bond donors (Lipinski definition) is 3. The third-order valence-electron chi connectivity index (χ3n) is 4.89. The number of nitrogens with zero attached hydrogens (tertiary/aromatic N) is 1. The van der Waals surface area contributed by atoms with Gasteiger partial charge in [-0.25, -0.2) is 4.79 Å². The number of carbonyl (C=O) groups is 2. The minimum absolute atomic E-state index is 0.0666. The minimum atomic E-state index is -1.16. The predicted octanol–water partition coefficient (Wildman–Crippen LogP) is 0.779. The summed E-state index contributed by atoms with van der Waals surface area (Å²) in [7, 11) is 0.877. The van der Waals surface area contributed by atoms with Crippen molar-refractivity contribution in [2.24, 2.45) is 0 Å². The first kappa shape index (κ1) is 19.5. The number of hydrogen-bond acceptors (Lipinski definition) is 6. The van der Waals surface area contributed by atoms with E-state index >= 15 is 0 Å². The number of carboxylic acids is 1. The van der Waals surface area contributed by atoms with Crippen molar-refractivity contribution in [3.63, 3.8) is 0 Å². The smallest absolute Gasteiger partial charge is 0.522 e. The number of nitrogens with one attached hydrogen (secondary N) is 1. The molecule has 0 atom stereocenters. The quantitative estimate of drug-likeness (QED) is 0.455. The van der Waals surface area contributed by atoms with Gasteiger partial charge in [0, 0.05) is 6.42 Å². The molecular formula is C18H25BN2O6. The lowest BCUT2D eigenvalue weighted by molar-refractivity contribution is -0.140. The second kappa shape index (κ2) is 8.62. The SMILES string of the molecule is CNCCCCC(=O)N1CC(Oc2ccc3c(c2C(=O)O)OB(O)CC3)C1. The average Bonchev–Trinajstić information content (AvgIpc) is 2.60. The molecule has 2 aliphatic heterocycles. The number of carbonyl (C=O) groups excluding carboxylic acids is 1. The molecule has 0 unspecified atom stereocenters. The van der Waals surface area contributed by atoms with Crippen LogP contribution in [-0.2, 0) is 11.2 Å². The van der Waals surface area contributed by atoms with Crippen LogP contribution in [-0.4, -0.2) is 66.8 Å². The van der Waals surface area contributed by atoms with Crippen molar-refractivity contribution in [2.45, 2.75) is 38.1 Å². The summed E-state index contributed by atoms with van der Waals surface area (Å²) in [6.07, 6.45) is 3.06. The topological polar surface area (TPSA) is 108 Å². The number of unbranched alkanes of at least 4 members (excludes halogenated alkanes) is 1. The van der Waals surface area contributed by atoms with E-state index in [4.69, 9.17) is 9.39 Å². The van der Waals surface area contributed by atoms with E-state index in [0.29, 0.717) is 32.3 Å². The van der Waals surface area contributed by atoms with Crippen LogP contribution in [0.4, 0.5) is 0 Å². The highest BCUT2D eigenvalue weighted by Crippen LogP contribution is 2.37. The van der Waals surface area contributed by atoms with Gasteiger partial charge in [-0.2, -0.15) is 0 Å². The molecule has 9 heteroatoms. The number of likely N-dealkylation sites (tertiary alicyclic amines) is 1. The van der Waals surface area contributed by atoms with Gasteiger partial charge in [-0.1, -0.05) is 6.07 Å². The molecule has 3 N–H and O–H groups in total. The largest absolute Gasteiger partial charge is 0.535 e. The van der Waals surface area contributed by atoms with Gasteiger partial charge >= 0.3 is 13.1 Å². The van der Waals surface area contributed by atoms with E-state index in [2.05, 4.69) is 5.32 Å². The second-order valence-corrected chi connectivity index (χ2v) is 6.94. The zero-order valence-corrected chi connectivity index (χ0v) is 15.4. The Morgan fingerprint density at radius 3 is 2.85 bits per heavy atom. The highest BCUT2D eigenvalue weighted by molar-refractivity contribution is 6.44. The van der Waals surface area contributed by atoms with E-state index in [9.17, 15) is 19.7 Å². The Morgan fingerprint density at radius 2 is 2.15 bits per heavy atom. The third-order valence-corrected chi connectivity index (χ3v) is 4.89. The van der Waals surface area contributed by atoms with Crippen LogP contribution in [0.2, 0.25) is 6.32 Å². The van der Waals surface area contributed by atoms with Gasteiger partial charge in [-0.05, 0) is 50.8 Å². The maximum absolute atomic E-state index is 12.1. The molecule has 1 fully saturated rings. The van der Waals surface area contributed by atoms with Crippen LogP contribution in [0, 0.1) is 0 Å². The van der Waals surface area contributed by atoms with Crippen molar-refractivity contribution in [3.8, 4) is 11.5 Å². The number of aryl methyl sites for hydroxylation is 1. The van der Waals surface area contributed by atoms with Gasteiger partial charge in [-0.15, -0.1) is 0 Å². The number of rotatable bonds is 8. The average molecular weight is 376 g/mol. The van der Waals surface area contributed by atoms with Crippen molar-refractivity contribution in [3.05, 3.63) is 23.3 Å². The highest BCUT2D eigenvalue weighted by atomic mass is 16.5. The molecule has 0 spiro atoms. The molecule has 2 heterocycles. The fourth-order valence-electron chi connectivity index (χ4n) is 3.35. The number of aromatic carboxylic acids is 1. The minimum Gasteiger partial charge on any atom is -0.535 e. The monoisotopic (exact) mass is 376 g/mol. The summed E-state index contributed by atoms with van der Waals surface area (Å²) in [6, 6.07) is 3.40. The molecule has 0 saturated carbocycles. The van der Waals surface area contributed by atoms with E-state index in [1.165, 1.54) is 0 Å². The molecule has 0 radical (unpaired) electrons. The lowest BCUT2D eigenvalue weighted by atomic mass is 9.78. The normalized spacial score (nSPS) is 16.4. The molecule has 0 aromatic heterocycles. The van der Waals surface area contributed by atoms with Crippen LogP contribution in [0.5, 0.6) is 11.5 Å². The molecule has 0 aliphatic carbocycles. The summed E-state index contributed by atoms with van der Waals surface area (Å²) in [5.74, 6) is -0.675. The molecule has 1 saturated heterocycles. The van der Waals surface area contributed by atoms with Crippen molar-refractivity contribution in [2.75, 3.05) is 26.7 Å². The lowest BCUT2D eigenvalue weighted by Gasteiger charge is -2.39. The Hall–Kier alpha value is -2.26. The van der Waals surface area contributed by atoms with Crippen LogP contribution >= 0.6 is 0 Å². The number of fused-ring (bicyclic) bond motifs is 1. The maximum atomic E-state index is 12.1. The van der Waals surface area contributed by atoms with E-state index in [-0.39, 0.29) is 29.1 Å². The summed E-state index contributed by atoms with van der Waals surface area (Å²) in [4.78, 5) is 25.5. The molecule has 146 valence electrons. The molecular weight excluding hydrogens is 351 g/mol. The van der Waals surface area contributed by atoms with Gasteiger partial charge in [0.2, 0.25) is 5.91 Å². The van der Waals surface area contributed by atoms with Gasteiger partial charge in [0.15, 0.2) is 0 Å². The van der Waals surface area contributed by atoms with Gasteiger partial charge in [-0.3, -0.25) is 4.79 Å². The summed E-state index contributed by atoms with van der Waals surface area (Å²) >= 11 is 0. The summed E-state index contributed by atoms with van der Waals surface area (Å²) in [5.41, 5.74) is 0.681. The molecule has 2 aliphatic rings. The summed E-state index contributed by atoms with van der Waals surface area (Å²) in [5, 5.41) is 22.3. The Labute approximate surface area is 158 Å². The molecule has 3 rings (SSSR count). The number of carboxylic acid groups (broad SMARTS) is 1.